The number of benzene rings is 2. The molecule has 0 unspecified atom stereocenters. The number of methoxy groups -OCH3 is 1. The lowest BCUT2D eigenvalue weighted by Gasteiger charge is -2.15. The number of esters is 1. The number of carbonyl (C=O) groups is 2. The van der Waals surface area contributed by atoms with Gasteiger partial charge in [0.25, 0.3) is 5.91 Å². The molecule has 1 fully saturated rings. The maximum Gasteiger partial charge on any atom is 0.338 e. The number of rotatable bonds is 7. The molecule has 7 heteroatoms. The molecule has 1 saturated heterocycles. The summed E-state index contributed by atoms with van der Waals surface area (Å²) < 4.78 is 16.2. The molecular formula is C21H22ClNO5. The second-order valence-corrected chi connectivity index (χ2v) is 6.88. The normalized spacial score (nSPS) is 13.3. The number of halogens is 1. The lowest BCUT2D eigenvalue weighted by Crippen LogP contribution is -2.32. The molecule has 148 valence electrons. The van der Waals surface area contributed by atoms with Gasteiger partial charge in [-0.3, -0.25) is 4.79 Å². The molecule has 1 aliphatic heterocycles. The molecule has 0 radical (unpaired) electrons. The van der Waals surface area contributed by atoms with Crippen molar-refractivity contribution in [2.24, 2.45) is 0 Å². The predicted molar refractivity (Wildman–Crippen MR) is 105 cm³/mol. The second-order valence-electron chi connectivity index (χ2n) is 6.44. The standard InChI is InChI=1S/C21H22ClNO5/c1-26-19-12-16(21(25)28-14-20(24)23-10-2-3-11-23)6-9-18(19)27-13-15-4-7-17(22)8-5-15/h4-9,12H,2-3,10-11,13-14H2,1H3. The summed E-state index contributed by atoms with van der Waals surface area (Å²) >= 11 is 5.88. The fraction of sp³-hybridized carbons (Fsp3) is 0.333. The maximum atomic E-state index is 12.3. The van der Waals surface area contributed by atoms with Crippen molar-refractivity contribution in [1.82, 2.24) is 4.90 Å². The third kappa shape index (κ3) is 5.16. The van der Waals surface area contributed by atoms with Crippen molar-refractivity contribution in [3.63, 3.8) is 0 Å². The van der Waals surface area contributed by atoms with E-state index < -0.39 is 5.97 Å². The highest BCUT2D eigenvalue weighted by molar-refractivity contribution is 6.30. The van der Waals surface area contributed by atoms with Gasteiger partial charge >= 0.3 is 5.97 Å². The Morgan fingerprint density at radius 1 is 1.04 bits per heavy atom. The van der Waals surface area contributed by atoms with Crippen LogP contribution in [0.15, 0.2) is 42.5 Å². The van der Waals surface area contributed by atoms with Crippen LogP contribution in [0.2, 0.25) is 5.02 Å². The molecule has 0 aliphatic carbocycles. The van der Waals surface area contributed by atoms with Gasteiger partial charge < -0.3 is 19.1 Å². The number of nitrogens with zero attached hydrogens (tertiary/aromatic N) is 1. The van der Waals surface area contributed by atoms with Gasteiger partial charge in [0.15, 0.2) is 18.1 Å². The van der Waals surface area contributed by atoms with Crippen LogP contribution in [-0.4, -0.2) is 43.6 Å². The van der Waals surface area contributed by atoms with Crippen LogP contribution in [-0.2, 0) is 16.1 Å². The van der Waals surface area contributed by atoms with Crippen LogP contribution >= 0.6 is 11.6 Å². The Morgan fingerprint density at radius 2 is 1.75 bits per heavy atom. The van der Waals surface area contributed by atoms with Crippen molar-refractivity contribution >= 4 is 23.5 Å². The molecule has 0 bridgehead atoms. The van der Waals surface area contributed by atoms with Gasteiger partial charge in [0.1, 0.15) is 6.61 Å². The van der Waals surface area contributed by atoms with E-state index in [0.29, 0.717) is 28.7 Å². The van der Waals surface area contributed by atoms with Crippen LogP contribution in [0.4, 0.5) is 0 Å². The SMILES string of the molecule is COc1cc(C(=O)OCC(=O)N2CCCC2)ccc1OCc1ccc(Cl)cc1. The molecule has 1 heterocycles. The van der Waals surface area contributed by atoms with Crippen LogP contribution in [0.25, 0.3) is 0 Å². The highest BCUT2D eigenvalue weighted by Gasteiger charge is 2.20. The molecule has 0 aromatic heterocycles. The third-order valence-corrected chi connectivity index (χ3v) is 4.74. The van der Waals surface area contributed by atoms with Crippen molar-refractivity contribution in [3.05, 3.63) is 58.6 Å². The Balaban J connectivity index is 1.59. The van der Waals surface area contributed by atoms with Crippen molar-refractivity contribution in [2.75, 3.05) is 26.8 Å². The number of likely N-dealkylation sites (tertiary alicyclic amines) is 1. The summed E-state index contributed by atoms with van der Waals surface area (Å²) in [5.74, 6) is 0.173. The average molecular weight is 404 g/mol. The van der Waals surface area contributed by atoms with Crippen LogP contribution < -0.4 is 9.47 Å². The van der Waals surface area contributed by atoms with Crippen LogP contribution in [0.5, 0.6) is 11.5 Å². The van der Waals surface area contributed by atoms with Gasteiger partial charge in [-0.05, 0) is 48.7 Å². The molecule has 2 aromatic rings. The van der Waals surface area contributed by atoms with Gasteiger partial charge in [0, 0.05) is 18.1 Å². The van der Waals surface area contributed by atoms with E-state index in [9.17, 15) is 9.59 Å². The molecule has 0 atom stereocenters. The summed E-state index contributed by atoms with van der Waals surface area (Å²) in [6, 6.07) is 12.1. The van der Waals surface area contributed by atoms with E-state index in [2.05, 4.69) is 0 Å². The van der Waals surface area contributed by atoms with Crippen LogP contribution in [0.3, 0.4) is 0 Å². The fourth-order valence-electron chi connectivity index (χ4n) is 2.92. The quantitative estimate of drug-likeness (QED) is 0.659. The number of hydrogen-bond donors (Lipinski definition) is 0. The largest absolute Gasteiger partial charge is 0.493 e. The minimum Gasteiger partial charge on any atom is -0.493 e. The Bertz CT molecular complexity index is 831. The number of hydrogen-bond acceptors (Lipinski definition) is 5. The molecule has 28 heavy (non-hydrogen) atoms. The summed E-state index contributed by atoms with van der Waals surface area (Å²) in [5.41, 5.74) is 1.25. The number of carbonyl (C=O) groups excluding carboxylic acids is 2. The minimum atomic E-state index is -0.574. The first kappa shape index (κ1) is 20.0. The fourth-order valence-corrected chi connectivity index (χ4v) is 3.05. The van der Waals surface area contributed by atoms with E-state index >= 15 is 0 Å². The smallest absolute Gasteiger partial charge is 0.338 e. The number of ether oxygens (including phenoxy) is 3. The summed E-state index contributed by atoms with van der Waals surface area (Å²) in [7, 11) is 1.50. The molecule has 6 nitrogen and oxygen atoms in total. The van der Waals surface area contributed by atoms with E-state index in [4.69, 9.17) is 25.8 Å². The van der Waals surface area contributed by atoms with Crippen molar-refractivity contribution < 1.29 is 23.8 Å². The van der Waals surface area contributed by atoms with Gasteiger partial charge in [0.05, 0.1) is 12.7 Å². The molecule has 1 aliphatic rings. The first-order chi connectivity index (χ1) is 13.6. The first-order valence-electron chi connectivity index (χ1n) is 9.07. The molecule has 0 spiro atoms. The second kappa shape index (κ2) is 9.46. The Hall–Kier alpha value is -2.73. The van der Waals surface area contributed by atoms with E-state index in [1.807, 2.05) is 12.1 Å². The Labute approximate surface area is 168 Å². The zero-order valence-electron chi connectivity index (χ0n) is 15.7. The topological polar surface area (TPSA) is 65.1 Å². The Morgan fingerprint density at radius 3 is 2.43 bits per heavy atom. The summed E-state index contributed by atoms with van der Waals surface area (Å²) in [4.78, 5) is 26.0. The molecule has 2 aromatic carbocycles. The lowest BCUT2D eigenvalue weighted by molar-refractivity contribution is -0.133. The first-order valence-corrected chi connectivity index (χ1v) is 9.45. The Kier molecular flexibility index (Phi) is 6.76. The van der Waals surface area contributed by atoms with Crippen molar-refractivity contribution in [3.8, 4) is 11.5 Å². The zero-order valence-corrected chi connectivity index (χ0v) is 16.4. The monoisotopic (exact) mass is 403 g/mol. The van der Waals surface area contributed by atoms with E-state index in [1.54, 1.807) is 35.2 Å². The summed E-state index contributed by atoms with van der Waals surface area (Å²) in [6.45, 7) is 1.53. The predicted octanol–water partition coefficient (Wildman–Crippen LogP) is 3.71. The van der Waals surface area contributed by atoms with E-state index in [-0.39, 0.29) is 12.5 Å². The van der Waals surface area contributed by atoms with Gasteiger partial charge in [-0.1, -0.05) is 23.7 Å². The van der Waals surface area contributed by atoms with Gasteiger partial charge in [-0.25, -0.2) is 4.79 Å². The van der Waals surface area contributed by atoms with Crippen LogP contribution in [0, 0.1) is 0 Å². The third-order valence-electron chi connectivity index (χ3n) is 4.49. The molecule has 1 amide bonds. The summed E-state index contributed by atoms with van der Waals surface area (Å²) in [5, 5.41) is 0.660. The maximum absolute atomic E-state index is 12.3. The molecular weight excluding hydrogens is 382 g/mol. The average Bonchev–Trinajstić information content (AvgIpc) is 3.26. The van der Waals surface area contributed by atoms with Crippen molar-refractivity contribution in [1.29, 1.82) is 0 Å². The zero-order chi connectivity index (χ0) is 19.9. The van der Waals surface area contributed by atoms with Gasteiger partial charge in [0.2, 0.25) is 0 Å². The minimum absolute atomic E-state index is 0.166. The van der Waals surface area contributed by atoms with E-state index in [1.165, 1.54) is 7.11 Å². The molecule has 3 rings (SSSR count). The van der Waals surface area contributed by atoms with Gasteiger partial charge in [-0.2, -0.15) is 0 Å². The molecule has 0 saturated carbocycles. The van der Waals surface area contributed by atoms with Crippen LogP contribution in [0.1, 0.15) is 28.8 Å². The number of amides is 1. The highest BCUT2D eigenvalue weighted by Crippen LogP contribution is 2.29. The highest BCUT2D eigenvalue weighted by atomic mass is 35.5. The van der Waals surface area contributed by atoms with Crippen molar-refractivity contribution in [2.45, 2.75) is 19.4 Å². The van der Waals surface area contributed by atoms with E-state index in [0.717, 1.165) is 31.5 Å². The lowest BCUT2D eigenvalue weighted by atomic mass is 10.2. The van der Waals surface area contributed by atoms with Gasteiger partial charge in [-0.15, -0.1) is 0 Å². The molecule has 0 N–H and O–H groups in total. The summed E-state index contributed by atoms with van der Waals surface area (Å²) in [6.07, 6.45) is 1.99.